The summed E-state index contributed by atoms with van der Waals surface area (Å²) in [6.07, 6.45) is 0. The molecule has 0 bridgehead atoms. The number of halogens is 1. The van der Waals surface area contributed by atoms with Crippen LogP contribution in [0.2, 0.25) is 5.02 Å². The number of nitriles is 1. The molecule has 0 aromatic heterocycles. The molecule has 0 radical (unpaired) electrons. The van der Waals surface area contributed by atoms with Gasteiger partial charge in [-0.25, -0.2) is 0 Å². The second-order valence-electron chi connectivity index (χ2n) is 4.00. The number of hydrogen-bond acceptors (Lipinski definition) is 5. The van der Waals surface area contributed by atoms with Gasteiger partial charge in [-0.3, -0.25) is 5.32 Å². The van der Waals surface area contributed by atoms with Gasteiger partial charge in [0.25, 0.3) is 0 Å². The van der Waals surface area contributed by atoms with Crippen molar-refractivity contribution >= 4 is 11.6 Å². The van der Waals surface area contributed by atoms with Gasteiger partial charge in [-0.1, -0.05) is 16.7 Å². The summed E-state index contributed by atoms with van der Waals surface area (Å²) in [4.78, 5) is 2.65. The first-order chi connectivity index (χ1) is 9.76. The van der Waals surface area contributed by atoms with Gasteiger partial charge in [-0.2, -0.15) is 5.26 Å². The highest BCUT2D eigenvalue weighted by Gasteiger charge is 2.20. The topological polar surface area (TPSA) is 103 Å². The van der Waals surface area contributed by atoms with Gasteiger partial charge in [0.1, 0.15) is 19.3 Å². The van der Waals surface area contributed by atoms with Gasteiger partial charge >= 0.3 is 0 Å². The van der Waals surface area contributed by atoms with Gasteiger partial charge in [-0.15, -0.1) is 0 Å². The highest BCUT2D eigenvalue weighted by atomic mass is 35.5. The van der Waals surface area contributed by atoms with Gasteiger partial charge in [0.2, 0.25) is 0 Å². The fourth-order valence-corrected chi connectivity index (χ4v) is 2.11. The first-order valence-electron chi connectivity index (χ1n) is 5.99. The summed E-state index contributed by atoms with van der Waals surface area (Å²) in [6, 6.07) is 4.97. The molecule has 0 amide bonds. The van der Waals surface area contributed by atoms with Crippen LogP contribution < -0.4 is 14.8 Å². The maximum Gasteiger partial charge on any atom is 0.179 e. The van der Waals surface area contributed by atoms with Crippen LogP contribution in [0.3, 0.4) is 0 Å². The minimum absolute atomic E-state index is 0.271. The average molecular weight is 294 g/mol. The van der Waals surface area contributed by atoms with E-state index in [-0.39, 0.29) is 6.54 Å². The summed E-state index contributed by atoms with van der Waals surface area (Å²) in [7, 11) is 0. The molecule has 104 valence electrons. The molecule has 1 aliphatic heterocycles. The molecule has 1 N–H and O–H groups in total. The van der Waals surface area contributed by atoms with E-state index in [1.165, 1.54) is 0 Å². The smallest absolute Gasteiger partial charge is 0.179 e. The van der Waals surface area contributed by atoms with Crippen LogP contribution in [-0.4, -0.2) is 26.3 Å². The van der Waals surface area contributed by atoms with E-state index in [0.717, 1.165) is 0 Å². The fourth-order valence-electron chi connectivity index (χ4n) is 1.84. The molecule has 7 nitrogen and oxygen atoms in total. The summed E-state index contributed by atoms with van der Waals surface area (Å²) in [5.41, 5.74) is 8.88. The molecule has 0 saturated carbocycles. The summed E-state index contributed by atoms with van der Waals surface area (Å²) in [5, 5.41) is 16.0. The number of benzene rings is 1. The maximum atomic E-state index is 9.20. The zero-order valence-electron chi connectivity index (χ0n) is 10.5. The van der Waals surface area contributed by atoms with Gasteiger partial charge < -0.3 is 9.47 Å². The standard InChI is InChI=1S/C12H12ClN5O2/c13-9-5-8(6-11-12(9)20-4-3-19-11)10(7-14)16-1-2-17-18-15/h5-6,10,16H,1-4H2. The molecular weight excluding hydrogens is 282 g/mol. The molecule has 1 heterocycles. The number of nitrogens with one attached hydrogen (secondary N) is 1. The van der Waals surface area contributed by atoms with Crippen LogP contribution in [0.1, 0.15) is 11.6 Å². The largest absolute Gasteiger partial charge is 0.486 e. The Labute approximate surface area is 120 Å². The SMILES string of the molecule is N#CC(NCCN=[N+]=[N-])c1cc(Cl)c2c(c1)OCCO2. The summed E-state index contributed by atoms with van der Waals surface area (Å²) in [5.74, 6) is 1.04. The number of rotatable bonds is 5. The van der Waals surface area contributed by atoms with Crippen LogP contribution in [0.5, 0.6) is 11.5 Å². The molecule has 1 aliphatic rings. The zero-order valence-corrected chi connectivity index (χ0v) is 11.3. The molecule has 0 spiro atoms. The van der Waals surface area contributed by atoms with Gasteiger partial charge in [0, 0.05) is 18.0 Å². The van der Waals surface area contributed by atoms with Crippen molar-refractivity contribution in [2.45, 2.75) is 6.04 Å². The molecule has 8 heteroatoms. The third kappa shape index (κ3) is 3.25. The third-order valence-electron chi connectivity index (χ3n) is 2.71. The van der Waals surface area contributed by atoms with E-state index < -0.39 is 6.04 Å². The lowest BCUT2D eigenvalue weighted by Crippen LogP contribution is -2.23. The minimum atomic E-state index is -0.558. The van der Waals surface area contributed by atoms with Gasteiger partial charge in [-0.05, 0) is 23.2 Å². The van der Waals surface area contributed by atoms with Crippen molar-refractivity contribution in [3.8, 4) is 17.6 Å². The van der Waals surface area contributed by atoms with Crippen LogP contribution in [0, 0.1) is 11.3 Å². The molecule has 1 atom stereocenters. The summed E-state index contributed by atoms with van der Waals surface area (Å²) in [6.45, 7) is 1.58. The van der Waals surface area contributed by atoms with Crippen molar-refractivity contribution in [3.05, 3.63) is 33.2 Å². The zero-order chi connectivity index (χ0) is 14.4. The lowest BCUT2D eigenvalue weighted by molar-refractivity contribution is 0.171. The van der Waals surface area contributed by atoms with E-state index in [1.807, 2.05) is 0 Å². The second kappa shape index (κ2) is 6.87. The predicted molar refractivity (Wildman–Crippen MR) is 72.8 cm³/mol. The van der Waals surface area contributed by atoms with Crippen molar-refractivity contribution in [2.24, 2.45) is 5.11 Å². The van der Waals surface area contributed by atoms with E-state index in [4.69, 9.17) is 26.6 Å². The van der Waals surface area contributed by atoms with E-state index in [9.17, 15) is 5.26 Å². The average Bonchev–Trinajstić information content (AvgIpc) is 2.47. The van der Waals surface area contributed by atoms with Gasteiger partial charge in [0.05, 0.1) is 11.1 Å². The molecule has 1 aromatic rings. The van der Waals surface area contributed by atoms with Crippen molar-refractivity contribution in [1.82, 2.24) is 5.32 Å². The molecule has 2 rings (SSSR count). The third-order valence-corrected chi connectivity index (χ3v) is 2.99. The fraction of sp³-hybridized carbons (Fsp3) is 0.417. The lowest BCUT2D eigenvalue weighted by Gasteiger charge is -2.21. The first-order valence-corrected chi connectivity index (χ1v) is 6.37. The van der Waals surface area contributed by atoms with Crippen LogP contribution in [-0.2, 0) is 0 Å². The Balaban J connectivity index is 2.15. The Morgan fingerprint density at radius 1 is 1.50 bits per heavy atom. The van der Waals surface area contributed by atoms with Crippen LogP contribution >= 0.6 is 11.6 Å². The molecular formula is C12H12ClN5O2. The molecule has 0 fully saturated rings. The number of fused-ring (bicyclic) bond motifs is 1. The van der Waals surface area contributed by atoms with E-state index >= 15 is 0 Å². The van der Waals surface area contributed by atoms with Crippen molar-refractivity contribution in [2.75, 3.05) is 26.3 Å². The van der Waals surface area contributed by atoms with E-state index in [2.05, 4.69) is 21.4 Å². The minimum Gasteiger partial charge on any atom is -0.486 e. The van der Waals surface area contributed by atoms with Crippen LogP contribution in [0.4, 0.5) is 0 Å². The second-order valence-corrected chi connectivity index (χ2v) is 4.40. The Kier molecular flexibility index (Phi) is 4.91. The van der Waals surface area contributed by atoms with E-state index in [0.29, 0.717) is 41.8 Å². The first kappa shape index (κ1) is 14.3. The number of hydrogen-bond donors (Lipinski definition) is 1. The lowest BCUT2D eigenvalue weighted by atomic mass is 10.1. The molecule has 1 unspecified atom stereocenters. The van der Waals surface area contributed by atoms with Crippen molar-refractivity contribution in [3.63, 3.8) is 0 Å². The highest BCUT2D eigenvalue weighted by Crippen LogP contribution is 2.39. The van der Waals surface area contributed by atoms with Crippen LogP contribution in [0.15, 0.2) is 17.2 Å². The molecule has 1 aromatic carbocycles. The number of ether oxygens (including phenoxy) is 2. The predicted octanol–water partition coefficient (Wildman–Crippen LogP) is 2.58. The van der Waals surface area contributed by atoms with Crippen molar-refractivity contribution in [1.29, 1.82) is 5.26 Å². The summed E-state index contributed by atoms with van der Waals surface area (Å²) < 4.78 is 10.9. The molecule has 0 saturated heterocycles. The Morgan fingerprint density at radius 2 is 2.30 bits per heavy atom. The maximum absolute atomic E-state index is 9.20. The molecule has 0 aliphatic carbocycles. The molecule has 20 heavy (non-hydrogen) atoms. The van der Waals surface area contributed by atoms with Crippen LogP contribution in [0.25, 0.3) is 10.4 Å². The van der Waals surface area contributed by atoms with E-state index in [1.54, 1.807) is 12.1 Å². The Morgan fingerprint density at radius 3 is 3.05 bits per heavy atom. The number of azide groups is 1. The monoisotopic (exact) mass is 293 g/mol. The normalized spacial score (nSPS) is 14.0. The quantitative estimate of drug-likeness (QED) is 0.390. The summed E-state index contributed by atoms with van der Waals surface area (Å²) >= 11 is 6.12. The van der Waals surface area contributed by atoms with Gasteiger partial charge in [0.15, 0.2) is 11.5 Å². The highest BCUT2D eigenvalue weighted by molar-refractivity contribution is 6.32. The van der Waals surface area contributed by atoms with Crippen molar-refractivity contribution < 1.29 is 9.47 Å². The Hall–Kier alpha value is -2.13. The number of nitrogens with zero attached hydrogens (tertiary/aromatic N) is 4. The Bertz CT molecular complexity index is 580.